The summed E-state index contributed by atoms with van der Waals surface area (Å²) >= 11 is 9.54. The van der Waals surface area contributed by atoms with Crippen LogP contribution in [0.5, 0.6) is 0 Å². The minimum atomic E-state index is -3.71. The van der Waals surface area contributed by atoms with Crippen LogP contribution in [0.15, 0.2) is 45.8 Å². The summed E-state index contributed by atoms with van der Waals surface area (Å²) < 4.78 is 33.1. The highest BCUT2D eigenvalue weighted by Gasteiger charge is 2.27. The number of hydrogen-bond acceptors (Lipinski definition) is 4. The van der Waals surface area contributed by atoms with Gasteiger partial charge in [-0.05, 0) is 48.9 Å². The maximum atomic E-state index is 12.8. The smallest absolute Gasteiger partial charge is 0.257 e. The first-order valence-electron chi connectivity index (χ1n) is 8.24. The highest BCUT2D eigenvalue weighted by Crippen LogP contribution is 2.26. The summed E-state index contributed by atoms with van der Waals surface area (Å²) in [4.78, 5) is 12.7. The number of morpholine rings is 1. The van der Waals surface area contributed by atoms with Gasteiger partial charge >= 0.3 is 0 Å². The van der Waals surface area contributed by atoms with Crippen molar-refractivity contribution in [1.82, 2.24) is 4.31 Å². The van der Waals surface area contributed by atoms with Crippen molar-refractivity contribution in [2.45, 2.75) is 11.8 Å². The van der Waals surface area contributed by atoms with E-state index < -0.39 is 15.9 Å². The third kappa shape index (κ3) is 4.52. The maximum Gasteiger partial charge on any atom is 0.257 e. The number of amides is 1. The average molecular weight is 474 g/mol. The molecule has 1 fully saturated rings. The number of nitrogens with zero attached hydrogens (tertiary/aromatic N) is 1. The lowest BCUT2D eigenvalue weighted by atomic mass is 10.1. The van der Waals surface area contributed by atoms with Gasteiger partial charge in [-0.1, -0.05) is 27.5 Å². The third-order valence-electron chi connectivity index (χ3n) is 4.23. The Hall–Kier alpha value is -1.45. The second kappa shape index (κ2) is 8.28. The van der Waals surface area contributed by atoms with Crippen molar-refractivity contribution in [3.63, 3.8) is 0 Å². The Morgan fingerprint density at radius 1 is 1.19 bits per heavy atom. The summed E-state index contributed by atoms with van der Waals surface area (Å²) in [6.07, 6.45) is 0. The number of benzene rings is 2. The Morgan fingerprint density at radius 3 is 2.56 bits per heavy atom. The van der Waals surface area contributed by atoms with Crippen molar-refractivity contribution in [2.75, 3.05) is 31.6 Å². The molecule has 1 aliphatic heterocycles. The van der Waals surface area contributed by atoms with Gasteiger partial charge < -0.3 is 10.1 Å². The number of nitrogens with one attached hydrogen (secondary N) is 1. The molecule has 1 aliphatic rings. The quantitative estimate of drug-likeness (QED) is 0.735. The molecule has 0 unspecified atom stereocenters. The van der Waals surface area contributed by atoms with E-state index in [1.54, 1.807) is 6.07 Å². The van der Waals surface area contributed by atoms with Crippen LogP contribution in [0, 0.1) is 6.92 Å². The lowest BCUT2D eigenvalue weighted by Gasteiger charge is -2.26. The summed E-state index contributed by atoms with van der Waals surface area (Å²) in [7, 11) is -3.71. The van der Waals surface area contributed by atoms with E-state index in [0.29, 0.717) is 18.9 Å². The molecular weight excluding hydrogens is 456 g/mol. The number of carbonyl (C=O) groups excluding carboxylic acids is 1. The van der Waals surface area contributed by atoms with Crippen LogP contribution in [0.25, 0.3) is 0 Å². The summed E-state index contributed by atoms with van der Waals surface area (Å²) in [5.74, 6) is -0.468. The van der Waals surface area contributed by atoms with E-state index in [0.717, 1.165) is 10.0 Å². The summed E-state index contributed by atoms with van der Waals surface area (Å²) in [5.41, 5.74) is 1.60. The van der Waals surface area contributed by atoms with Gasteiger partial charge in [-0.2, -0.15) is 4.31 Å². The first-order valence-corrected chi connectivity index (χ1v) is 10.8. The van der Waals surface area contributed by atoms with Gasteiger partial charge in [-0.15, -0.1) is 0 Å². The van der Waals surface area contributed by atoms with Gasteiger partial charge in [0.25, 0.3) is 5.91 Å². The summed E-state index contributed by atoms with van der Waals surface area (Å²) in [6, 6.07) is 9.60. The molecule has 0 spiro atoms. The zero-order valence-corrected chi connectivity index (χ0v) is 17.7. The summed E-state index contributed by atoms with van der Waals surface area (Å²) in [5, 5.41) is 2.96. The fourth-order valence-corrected chi connectivity index (χ4v) is 4.85. The second-order valence-electron chi connectivity index (χ2n) is 6.07. The van der Waals surface area contributed by atoms with Crippen LogP contribution >= 0.6 is 27.5 Å². The van der Waals surface area contributed by atoms with Crippen LogP contribution in [-0.2, 0) is 14.8 Å². The minimum Gasteiger partial charge on any atom is -0.379 e. The van der Waals surface area contributed by atoms with Gasteiger partial charge in [0.2, 0.25) is 10.0 Å². The Bertz CT molecular complexity index is 975. The standard InChI is InChI=1S/C18H18BrClN2O4S/c1-12-10-13(19)2-5-17(12)21-18(23)15-11-14(3-4-16(15)20)27(24,25)22-6-8-26-9-7-22/h2-5,10-11H,6-9H2,1H3,(H,21,23). The van der Waals surface area contributed by atoms with Crippen molar-refractivity contribution in [3.8, 4) is 0 Å². The molecule has 0 aliphatic carbocycles. The molecular formula is C18H18BrClN2O4S. The molecule has 27 heavy (non-hydrogen) atoms. The zero-order valence-electron chi connectivity index (χ0n) is 14.5. The largest absolute Gasteiger partial charge is 0.379 e. The van der Waals surface area contributed by atoms with Crippen molar-refractivity contribution in [3.05, 3.63) is 57.0 Å². The van der Waals surface area contributed by atoms with Crippen molar-refractivity contribution >= 4 is 49.1 Å². The summed E-state index contributed by atoms with van der Waals surface area (Å²) in [6.45, 7) is 3.13. The SMILES string of the molecule is Cc1cc(Br)ccc1NC(=O)c1cc(S(=O)(=O)N2CCOCC2)ccc1Cl. The number of halogens is 2. The Labute approximate surface area is 171 Å². The molecule has 6 nitrogen and oxygen atoms in total. The number of rotatable bonds is 4. The van der Waals surface area contributed by atoms with Crippen LogP contribution in [0.4, 0.5) is 5.69 Å². The first kappa shape index (κ1) is 20.3. The van der Waals surface area contributed by atoms with Crippen LogP contribution < -0.4 is 5.32 Å². The van der Waals surface area contributed by atoms with E-state index in [-0.39, 0.29) is 28.6 Å². The molecule has 0 bridgehead atoms. The molecule has 0 aromatic heterocycles. The predicted molar refractivity (Wildman–Crippen MR) is 108 cm³/mol. The number of ether oxygens (including phenoxy) is 1. The molecule has 2 aromatic rings. The molecule has 1 amide bonds. The van der Waals surface area contributed by atoms with E-state index in [4.69, 9.17) is 16.3 Å². The Balaban J connectivity index is 1.89. The molecule has 0 saturated carbocycles. The van der Waals surface area contributed by atoms with E-state index in [9.17, 15) is 13.2 Å². The lowest BCUT2D eigenvalue weighted by Crippen LogP contribution is -2.40. The number of hydrogen-bond donors (Lipinski definition) is 1. The molecule has 1 saturated heterocycles. The van der Waals surface area contributed by atoms with Crippen LogP contribution in [0.2, 0.25) is 5.02 Å². The van der Waals surface area contributed by atoms with E-state index in [2.05, 4.69) is 21.2 Å². The molecule has 9 heteroatoms. The highest BCUT2D eigenvalue weighted by atomic mass is 79.9. The molecule has 1 N–H and O–H groups in total. The van der Waals surface area contributed by atoms with Gasteiger partial charge in [0.1, 0.15) is 0 Å². The van der Waals surface area contributed by atoms with Gasteiger partial charge in [0.05, 0.1) is 28.7 Å². The molecule has 0 radical (unpaired) electrons. The van der Waals surface area contributed by atoms with Gasteiger partial charge in [-0.25, -0.2) is 8.42 Å². The van der Waals surface area contributed by atoms with E-state index >= 15 is 0 Å². The van der Waals surface area contributed by atoms with Crippen LogP contribution in [-0.4, -0.2) is 44.9 Å². The topological polar surface area (TPSA) is 75.7 Å². The number of sulfonamides is 1. The van der Waals surface area contributed by atoms with Crippen molar-refractivity contribution < 1.29 is 17.9 Å². The minimum absolute atomic E-state index is 0.0338. The van der Waals surface area contributed by atoms with Crippen LogP contribution in [0.3, 0.4) is 0 Å². The molecule has 144 valence electrons. The predicted octanol–water partition coefficient (Wildman–Crippen LogP) is 3.68. The maximum absolute atomic E-state index is 12.8. The normalized spacial score (nSPS) is 15.5. The molecule has 2 aromatic carbocycles. The third-order valence-corrected chi connectivity index (χ3v) is 6.94. The van der Waals surface area contributed by atoms with Gasteiger partial charge in [0.15, 0.2) is 0 Å². The average Bonchev–Trinajstić information content (AvgIpc) is 2.65. The van der Waals surface area contributed by atoms with E-state index in [1.165, 1.54) is 22.5 Å². The molecule has 1 heterocycles. The Morgan fingerprint density at radius 2 is 1.89 bits per heavy atom. The van der Waals surface area contributed by atoms with Crippen LogP contribution in [0.1, 0.15) is 15.9 Å². The molecule has 0 atom stereocenters. The van der Waals surface area contributed by atoms with Crippen molar-refractivity contribution in [2.24, 2.45) is 0 Å². The second-order valence-corrected chi connectivity index (χ2v) is 9.33. The lowest BCUT2D eigenvalue weighted by molar-refractivity contribution is 0.0730. The molecule has 3 rings (SSSR count). The highest BCUT2D eigenvalue weighted by molar-refractivity contribution is 9.10. The fourth-order valence-electron chi connectivity index (χ4n) is 2.73. The first-order chi connectivity index (χ1) is 12.8. The number of anilines is 1. The fraction of sp³-hybridized carbons (Fsp3) is 0.278. The van der Waals surface area contributed by atoms with E-state index in [1.807, 2.05) is 19.1 Å². The van der Waals surface area contributed by atoms with Gasteiger partial charge in [-0.3, -0.25) is 4.79 Å². The number of aryl methyl sites for hydroxylation is 1. The monoisotopic (exact) mass is 472 g/mol. The van der Waals surface area contributed by atoms with Crippen molar-refractivity contribution in [1.29, 1.82) is 0 Å². The van der Waals surface area contributed by atoms with Gasteiger partial charge in [0, 0.05) is 23.2 Å². The zero-order chi connectivity index (χ0) is 19.6. The number of carbonyl (C=O) groups is 1. The Kier molecular flexibility index (Phi) is 6.22.